The third-order valence-corrected chi connectivity index (χ3v) is 8.42. The summed E-state index contributed by atoms with van der Waals surface area (Å²) in [5.74, 6) is 0.353. The molecule has 1 saturated heterocycles. The van der Waals surface area contributed by atoms with E-state index in [1.165, 1.54) is 16.9 Å². The fourth-order valence-electron chi connectivity index (χ4n) is 3.44. The number of nitrogens with zero attached hydrogens (tertiary/aromatic N) is 1. The van der Waals surface area contributed by atoms with Crippen LogP contribution in [0.15, 0.2) is 53.4 Å². The maximum atomic E-state index is 13.3. The standard InChI is InChI=1S/C20H20ClN3O3S2.C2H6.CH5N/c21-15-6-7-18-17(8-15)20(19(12-25)23-18)29(26,27)24-11-16(28-13-24)10-22-9-14-4-2-1-3-5-14;2*1-2/h1-8,12,16,22-23H,9-11,13H2;1-2H3;2H2,1H3. The molecule has 1 aliphatic heterocycles. The first-order valence-corrected chi connectivity index (χ1v) is 13.6. The Morgan fingerprint density at radius 1 is 1.21 bits per heavy atom. The van der Waals surface area contributed by atoms with Crippen molar-refractivity contribution in [3.8, 4) is 0 Å². The molecular formula is C23H31ClN4O3S2. The van der Waals surface area contributed by atoms with Crippen molar-refractivity contribution in [2.45, 2.75) is 30.5 Å². The molecular weight excluding hydrogens is 480 g/mol. The van der Waals surface area contributed by atoms with Gasteiger partial charge in [0.2, 0.25) is 10.0 Å². The summed E-state index contributed by atoms with van der Waals surface area (Å²) in [6.07, 6.45) is 0.545. The lowest BCUT2D eigenvalue weighted by atomic mass is 10.2. The monoisotopic (exact) mass is 510 g/mol. The van der Waals surface area contributed by atoms with Crippen molar-refractivity contribution in [1.29, 1.82) is 0 Å². The van der Waals surface area contributed by atoms with Crippen molar-refractivity contribution in [1.82, 2.24) is 14.6 Å². The minimum absolute atomic E-state index is 0.00324. The van der Waals surface area contributed by atoms with Gasteiger partial charge >= 0.3 is 0 Å². The van der Waals surface area contributed by atoms with E-state index in [1.807, 2.05) is 32.0 Å². The van der Waals surface area contributed by atoms with E-state index in [4.69, 9.17) is 11.6 Å². The van der Waals surface area contributed by atoms with E-state index in [9.17, 15) is 13.2 Å². The van der Waals surface area contributed by atoms with E-state index in [0.717, 1.165) is 6.54 Å². The third kappa shape index (κ3) is 6.59. The lowest BCUT2D eigenvalue weighted by Crippen LogP contribution is -2.33. The fourth-order valence-corrected chi connectivity index (χ4v) is 6.90. The second-order valence-electron chi connectivity index (χ2n) is 6.85. The topological polar surface area (TPSA) is 108 Å². The van der Waals surface area contributed by atoms with Crippen LogP contribution in [0.5, 0.6) is 0 Å². The fraction of sp³-hybridized carbons (Fsp3) is 0.348. The number of hydrogen-bond donors (Lipinski definition) is 3. The highest BCUT2D eigenvalue weighted by Gasteiger charge is 2.36. The quantitative estimate of drug-likeness (QED) is 0.413. The van der Waals surface area contributed by atoms with Gasteiger partial charge in [-0.3, -0.25) is 4.79 Å². The Hall–Kier alpha value is -1.88. The average molecular weight is 511 g/mol. The molecule has 1 aliphatic rings. The summed E-state index contributed by atoms with van der Waals surface area (Å²) >= 11 is 7.65. The molecule has 4 N–H and O–H groups in total. The number of hydrogen-bond acceptors (Lipinski definition) is 6. The van der Waals surface area contributed by atoms with Gasteiger partial charge in [0.1, 0.15) is 4.90 Å². The summed E-state index contributed by atoms with van der Waals surface area (Å²) < 4.78 is 28.1. The number of nitrogens with one attached hydrogen (secondary N) is 2. The molecule has 2 aromatic carbocycles. The van der Waals surface area contributed by atoms with Crippen LogP contribution in [0.3, 0.4) is 0 Å². The van der Waals surface area contributed by atoms with Crippen molar-refractivity contribution < 1.29 is 13.2 Å². The van der Waals surface area contributed by atoms with Crippen LogP contribution in [-0.2, 0) is 16.6 Å². The molecule has 0 aliphatic carbocycles. The summed E-state index contributed by atoms with van der Waals surface area (Å²) in [5, 5.41) is 4.39. The molecule has 10 heteroatoms. The third-order valence-electron chi connectivity index (χ3n) is 4.86. The van der Waals surface area contributed by atoms with Crippen LogP contribution in [-0.4, -0.2) is 55.3 Å². The van der Waals surface area contributed by atoms with Gasteiger partial charge in [-0.05, 0) is 30.8 Å². The van der Waals surface area contributed by atoms with Crippen LogP contribution in [0.25, 0.3) is 10.9 Å². The smallest absolute Gasteiger partial charge is 0.246 e. The van der Waals surface area contributed by atoms with Crippen molar-refractivity contribution in [3.63, 3.8) is 0 Å². The van der Waals surface area contributed by atoms with Gasteiger partial charge in [-0.1, -0.05) is 55.8 Å². The number of sulfonamides is 1. The van der Waals surface area contributed by atoms with Crippen molar-refractivity contribution in [2.75, 3.05) is 26.0 Å². The van der Waals surface area contributed by atoms with Crippen LogP contribution in [0.1, 0.15) is 29.9 Å². The number of nitrogens with two attached hydrogens (primary N) is 1. The first-order chi connectivity index (χ1) is 16.0. The molecule has 180 valence electrons. The van der Waals surface area contributed by atoms with Crippen molar-refractivity contribution >= 4 is 50.6 Å². The number of carbonyl (C=O) groups is 1. The second-order valence-corrected chi connectivity index (χ2v) is 10.4. The zero-order chi connectivity index (χ0) is 24.4. The zero-order valence-electron chi connectivity index (χ0n) is 19.0. The number of rotatable bonds is 7. The van der Waals surface area contributed by atoms with Gasteiger partial charge in [-0.2, -0.15) is 4.31 Å². The number of fused-ring (bicyclic) bond motifs is 1. The number of aldehydes is 1. The van der Waals surface area contributed by atoms with E-state index in [-0.39, 0.29) is 15.8 Å². The number of aromatic amines is 1. The van der Waals surface area contributed by atoms with Gasteiger partial charge in [0.25, 0.3) is 0 Å². The van der Waals surface area contributed by atoms with Gasteiger partial charge in [0.15, 0.2) is 6.29 Å². The SMILES string of the molecule is CC.CN.O=Cc1[nH]c2ccc(Cl)cc2c1S(=O)(=O)N1CSC(CNCc2ccccc2)C1. The molecule has 0 spiro atoms. The largest absolute Gasteiger partial charge is 0.351 e. The Bertz CT molecular complexity index is 1140. The summed E-state index contributed by atoms with van der Waals surface area (Å²) in [5.41, 5.74) is 6.31. The van der Waals surface area contributed by atoms with Crippen molar-refractivity contribution in [2.24, 2.45) is 5.73 Å². The lowest BCUT2D eigenvalue weighted by Gasteiger charge is -2.16. The highest BCUT2D eigenvalue weighted by atomic mass is 35.5. The van der Waals surface area contributed by atoms with E-state index < -0.39 is 10.0 Å². The molecule has 0 amide bonds. The number of halogens is 1. The van der Waals surface area contributed by atoms with E-state index in [1.54, 1.807) is 30.0 Å². The van der Waals surface area contributed by atoms with Crippen LogP contribution >= 0.6 is 23.4 Å². The van der Waals surface area contributed by atoms with Crippen LogP contribution in [0, 0.1) is 0 Å². The molecule has 4 rings (SSSR count). The molecule has 7 nitrogen and oxygen atoms in total. The second kappa shape index (κ2) is 13.1. The summed E-state index contributed by atoms with van der Waals surface area (Å²) in [6.45, 7) is 5.83. The first kappa shape index (κ1) is 27.4. The summed E-state index contributed by atoms with van der Waals surface area (Å²) in [4.78, 5) is 14.4. The molecule has 1 unspecified atom stereocenters. The number of carbonyl (C=O) groups excluding carboxylic acids is 1. The highest BCUT2D eigenvalue weighted by molar-refractivity contribution is 8.01. The Morgan fingerprint density at radius 2 is 1.91 bits per heavy atom. The lowest BCUT2D eigenvalue weighted by molar-refractivity contribution is 0.111. The van der Waals surface area contributed by atoms with E-state index in [0.29, 0.717) is 41.2 Å². The Morgan fingerprint density at radius 3 is 2.58 bits per heavy atom. The van der Waals surface area contributed by atoms with Gasteiger partial charge in [-0.15, -0.1) is 11.8 Å². The molecule has 1 atom stereocenters. The minimum atomic E-state index is -3.83. The summed E-state index contributed by atoms with van der Waals surface area (Å²) in [7, 11) is -2.33. The molecule has 0 radical (unpaired) electrons. The molecule has 1 fully saturated rings. The Kier molecular flexibility index (Phi) is 10.9. The highest BCUT2D eigenvalue weighted by Crippen LogP contribution is 2.34. The number of benzene rings is 2. The van der Waals surface area contributed by atoms with Gasteiger partial charge in [0.05, 0.1) is 11.6 Å². The van der Waals surface area contributed by atoms with Gasteiger partial charge < -0.3 is 16.0 Å². The molecule has 0 bridgehead atoms. The molecule has 0 saturated carbocycles. The zero-order valence-corrected chi connectivity index (χ0v) is 21.4. The predicted octanol–water partition coefficient (Wildman–Crippen LogP) is 4.09. The van der Waals surface area contributed by atoms with Crippen LogP contribution in [0.4, 0.5) is 0 Å². The van der Waals surface area contributed by atoms with Crippen LogP contribution in [0.2, 0.25) is 5.02 Å². The van der Waals surface area contributed by atoms with Crippen LogP contribution < -0.4 is 11.1 Å². The van der Waals surface area contributed by atoms with Gasteiger partial charge in [0, 0.05) is 40.8 Å². The van der Waals surface area contributed by atoms with Crippen molar-refractivity contribution in [3.05, 3.63) is 64.8 Å². The maximum Gasteiger partial charge on any atom is 0.246 e. The normalized spacial score (nSPS) is 16.0. The molecule has 33 heavy (non-hydrogen) atoms. The first-order valence-electron chi connectivity index (χ1n) is 10.7. The number of aromatic nitrogens is 1. The molecule has 3 aromatic rings. The van der Waals surface area contributed by atoms with Gasteiger partial charge in [-0.25, -0.2) is 8.42 Å². The molecule has 2 heterocycles. The van der Waals surface area contributed by atoms with E-state index >= 15 is 0 Å². The number of H-pyrrole nitrogens is 1. The maximum absolute atomic E-state index is 13.3. The summed E-state index contributed by atoms with van der Waals surface area (Å²) in [6, 6.07) is 15.0. The predicted molar refractivity (Wildman–Crippen MR) is 138 cm³/mol. The Balaban J connectivity index is 0.000000914. The average Bonchev–Trinajstić information content (AvgIpc) is 3.47. The number of thioether (sulfide) groups is 1. The molecule has 1 aromatic heterocycles. The minimum Gasteiger partial charge on any atom is -0.351 e. The van der Waals surface area contributed by atoms with E-state index in [2.05, 4.69) is 28.2 Å². The Labute approximate surface area is 205 Å².